The fraction of sp³-hybridized carbons (Fsp3) is 0.579. The van der Waals surface area contributed by atoms with Gasteiger partial charge >= 0.3 is 0 Å². The Morgan fingerprint density at radius 2 is 2.08 bits per heavy atom. The molecule has 1 aliphatic heterocycles. The van der Waals surface area contributed by atoms with E-state index >= 15 is 0 Å². The van der Waals surface area contributed by atoms with Crippen LogP contribution in [-0.4, -0.2) is 50.0 Å². The highest BCUT2D eigenvalue weighted by Gasteiger charge is 2.58. The standard InChI is InChI=1S/C19H27N3O3.ClH/c1-3-22(18(24)16-12-19(16)7-9-20-10-8-19)13-17(23)21-14-5-4-6-15(11-14)25-2;/h4-6,11,16,20H,3,7-10,12-13H2,1-2H3,(H,21,23);1H. The summed E-state index contributed by atoms with van der Waals surface area (Å²) >= 11 is 0. The van der Waals surface area contributed by atoms with E-state index in [-0.39, 0.29) is 42.1 Å². The van der Waals surface area contributed by atoms with Gasteiger partial charge in [0.1, 0.15) is 5.75 Å². The van der Waals surface area contributed by atoms with Crippen molar-refractivity contribution in [3.05, 3.63) is 24.3 Å². The minimum Gasteiger partial charge on any atom is -0.497 e. The van der Waals surface area contributed by atoms with Crippen LogP contribution in [0, 0.1) is 11.3 Å². The lowest BCUT2D eigenvalue weighted by Crippen LogP contribution is -2.40. The number of ether oxygens (including phenoxy) is 1. The Bertz CT molecular complexity index is 647. The van der Waals surface area contributed by atoms with Crippen LogP contribution in [-0.2, 0) is 9.59 Å². The van der Waals surface area contributed by atoms with Crippen molar-refractivity contribution in [3.63, 3.8) is 0 Å². The van der Waals surface area contributed by atoms with Gasteiger partial charge in [0.15, 0.2) is 0 Å². The van der Waals surface area contributed by atoms with Crippen molar-refractivity contribution in [2.45, 2.75) is 26.2 Å². The van der Waals surface area contributed by atoms with Crippen LogP contribution in [0.4, 0.5) is 5.69 Å². The zero-order chi connectivity index (χ0) is 17.9. The molecule has 26 heavy (non-hydrogen) atoms. The molecule has 1 aromatic rings. The van der Waals surface area contributed by atoms with E-state index in [9.17, 15) is 9.59 Å². The largest absolute Gasteiger partial charge is 0.497 e. The number of carbonyl (C=O) groups excluding carboxylic acids is 2. The number of piperidine rings is 1. The van der Waals surface area contributed by atoms with Gasteiger partial charge in [0.2, 0.25) is 11.8 Å². The highest BCUT2D eigenvalue weighted by Crippen LogP contribution is 2.59. The molecular weight excluding hydrogens is 354 g/mol. The summed E-state index contributed by atoms with van der Waals surface area (Å²) in [6, 6.07) is 7.22. The van der Waals surface area contributed by atoms with Crippen LogP contribution in [0.25, 0.3) is 0 Å². The second-order valence-corrected chi connectivity index (χ2v) is 7.00. The smallest absolute Gasteiger partial charge is 0.243 e. The van der Waals surface area contributed by atoms with Gasteiger partial charge in [-0.3, -0.25) is 9.59 Å². The molecule has 2 aliphatic rings. The Labute approximate surface area is 161 Å². The number of hydrogen-bond donors (Lipinski definition) is 2. The van der Waals surface area contributed by atoms with E-state index in [2.05, 4.69) is 10.6 Å². The van der Waals surface area contributed by atoms with Crippen molar-refractivity contribution in [1.82, 2.24) is 10.2 Å². The molecule has 0 aromatic heterocycles. The monoisotopic (exact) mass is 381 g/mol. The average Bonchev–Trinajstić information content (AvgIpc) is 3.32. The first-order valence-electron chi connectivity index (χ1n) is 9.01. The SMILES string of the molecule is CCN(CC(=O)Nc1cccc(OC)c1)C(=O)C1CC12CCNCC2.Cl. The van der Waals surface area contributed by atoms with Gasteiger partial charge in [-0.15, -0.1) is 12.4 Å². The van der Waals surface area contributed by atoms with Crippen molar-refractivity contribution in [3.8, 4) is 5.75 Å². The molecular formula is C19H28ClN3O3. The molecule has 1 heterocycles. The van der Waals surface area contributed by atoms with Crippen LogP contribution in [0.5, 0.6) is 5.75 Å². The molecule has 1 saturated heterocycles. The second-order valence-electron chi connectivity index (χ2n) is 7.00. The topological polar surface area (TPSA) is 70.7 Å². The summed E-state index contributed by atoms with van der Waals surface area (Å²) in [7, 11) is 1.59. The number of rotatable bonds is 6. The molecule has 1 saturated carbocycles. The third-order valence-electron chi connectivity index (χ3n) is 5.47. The third-order valence-corrected chi connectivity index (χ3v) is 5.47. The van der Waals surface area contributed by atoms with Gasteiger partial charge in [-0.25, -0.2) is 0 Å². The maximum Gasteiger partial charge on any atom is 0.243 e. The molecule has 1 aliphatic carbocycles. The van der Waals surface area contributed by atoms with Crippen LogP contribution in [0.2, 0.25) is 0 Å². The van der Waals surface area contributed by atoms with E-state index in [0.29, 0.717) is 18.0 Å². The molecule has 0 radical (unpaired) electrons. The maximum absolute atomic E-state index is 12.8. The van der Waals surface area contributed by atoms with Gasteiger partial charge in [-0.05, 0) is 56.8 Å². The molecule has 3 rings (SSSR count). The van der Waals surface area contributed by atoms with Crippen LogP contribution < -0.4 is 15.4 Å². The zero-order valence-corrected chi connectivity index (χ0v) is 16.2. The fourth-order valence-corrected chi connectivity index (χ4v) is 3.81. The number of carbonyl (C=O) groups is 2. The maximum atomic E-state index is 12.8. The van der Waals surface area contributed by atoms with Crippen molar-refractivity contribution < 1.29 is 14.3 Å². The molecule has 144 valence electrons. The average molecular weight is 382 g/mol. The van der Waals surface area contributed by atoms with Crippen molar-refractivity contribution in [2.24, 2.45) is 11.3 Å². The van der Waals surface area contributed by atoms with Gasteiger partial charge in [0.05, 0.1) is 13.7 Å². The molecule has 2 amide bonds. The Balaban J connectivity index is 0.00000243. The highest BCUT2D eigenvalue weighted by molar-refractivity contribution is 5.95. The van der Waals surface area contributed by atoms with Gasteiger partial charge in [-0.2, -0.15) is 0 Å². The van der Waals surface area contributed by atoms with Crippen LogP contribution in [0.15, 0.2) is 24.3 Å². The predicted molar refractivity (Wildman–Crippen MR) is 104 cm³/mol. The van der Waals surface area contributed by atoms with Crippen molar-refractivity contribution >= 4 is 29.9 Å². The first kappa shape index (κ1) is 20.5. The molecule has 6 nitrogen and oxygen atoms in total. The number of nitrogens with one attached hydrogen (secondary N) is 2. The number of likely N-dealkylation sites (N-methyl/N-ethyl adjacent to an activating group) is 1. The normalized spacial score (nSPS) is 20.0. The molecule has 2 N–H and O–H groups in total. The van der Waals surface area contributed by atoms with E-state index in [0.717, 1.165) is 32.4 Å². The summed E-state index contributed by atoms with van der Waals surface area (Å²) < 4.78 is 5.16. The van der Waals surface area contributed by atoms with Crippen LogP contribution in [0.1, 0.15) is 26.2 Å². The fourth-order valence-electron chi connectivity index (χ4n) is 3.81. The summed E-state index contributed by atoms with van der Waals surface area (Å²) in [4.78, 5) is 26.8. The predicted octanol–water partition coefficient (Wildman–Crippen LogP) is 2.29. The molecule has 7 heteroatoms. The molecule has 1 aromatic carbocycles. The van der Waals surface area contributed by atoms with Crippen molar-refractivity contribution in [2.75, 3.05) is 38.6 Å². The van der Waals surface area contributed by atoms with E-state index < -0.39 is 0 Å². The Kier molecular flexibility index (Phi) is 6.89. The van der Waals surface area contributed by atoms with Gasteiger partial charge in [0, 0.05) is 24.2 Å². The number of hydrogen-bond acceptors (Lipinski definition) is 4. The van der Waals surface area contributed by atoms with Gasteiger partial charge in [0.25, 0.3) is 0 Å². The highest BCUT2D eigenvalue weighted by atomic mass is 35.5. The number of halogens is 1. The van der Waals surface area contributed by atoms with E-state index in [1.165, 1.54) is 0 Å². The summed E-state index contributed by atoms with van der Waals surface area (Å²) in [6.45, 7) is 4.55. The molecule has 1 spiro atoms. The van der Waals surface area contributed by atoms with Crippen LogP contribution >= 0.6 is 12.4 Å². The lowest BCUT2D eigenvalue weighted by molar-refractivity contribution is -0.136. The third kappa shape index (κ3) is 4.48. The lowest BCUT2D eigenvalue weighted by Gasteiger charge is -2.26. The first-order chi connectivity index (χ1) is 12.1. The summed E-state index contributed by atoms with van der Waals surface area (Å²) in [5, 5.41) is 6.20. The minimum atomic E-state index is -0.177. The van der Waals surface area contributed by atoms with Gasteiger partial charge in [-0.1, -0.05) is 6.07 Å². The minimum absolute atomic E-state index is 0. The van der Waals surface area contributed by atoms with E-state index in [1.807, 2.05) is 25.1 Å². The van der Waals surface area contributed by atoms with E-state index in [4.69, 9.17) is 4.74 Å². The number of benzene rings is 1. The molecule has 1 unspecified atom stereocenters. The molecule has 2 fully saturated rings. The lowest BCUT2D eigenvalue weighted by atomic mass is 9.91. The molecule has 0 bridgehead atoms. The number of nitrogens with zero attached hydrogens (tertiary/aromatic N) is 1. The first-order valence-corrected chi connectivity index (χ1v) is 9.01. The van der Waals surface area contributed by atoms with Crippen molar-refractivity contribution in [1.29, 1.82) is 0 Å². The molecule has 1 atom stereocenters. The van der Waals surface area contributed by atoms with Gasteiger partial charge < -0.3 is 20.3 Å². The number of amides is 2. The summed E-state index contributed by atoms with van der Waals surface area (Å²) in [5.41, 5.74) is 0.869. The quantitative estimate of drug-likeness (QED) is 0.793. The zero-order valence-electron chi connectivity index (χ0n) is 15.4. The number of anilines is 1. The summed E-state index contributed by atoms with van der Waals surface area (Å²) in [5.74, 6) is 0.736. The second kappa shape index (κ2) is 8.73. The Morgan fingerprint density at radius 1 is 1.35 bits per heavy atom. The van der Waals surface area contributed by atoms with Crippen LogP contribution in [0.3, 0.4) is 0 Å². The number of methoxy groups -OCH3 is 1. The van der Waals surface area contributed by atoms with E-state index in [1.54, 1.807) is 18.1 Å². The summed E-state index contributed by atoms with van der Waals surface area (Å²) in [6.07, 6.45) is 3.11. The Hall–Kier alpha value is -1.79. The Morgan fingerprint density at radius 3 is 2.73 bits per heavy atom.